The van der Waals surface area contributed by atoms with Crippen molar-refractivity contribution in [2.24, 2.45) is 0 Å². The molecular formula is C12H5Cl2NO2S. The van der Waals surface area contributed by atoms with Crippen LogP contribution in [0.3, 0.4) is 0 Å². The summed E-state index contributed by atoms with van der Waals surface area (Å²) < 4.78 is 1.95. The van der Waals surface area contributed by atoms with Gasteiger partial charge < -0.3 is 0 Å². The zero-order chi connectivity index (χ0) is 12.9. The second-order valence-corrected chi connectivity index (χ2v) is 5.70. The fourth-order valence-corrected chi connectivity index (χ4v) is 3.37. The van der Waals surface area contributed by atoms with Crippen molar-refractivity contribution >= 4 is 60.4 Å². The summed E-state index contributed by atoms with van der Waals surface area (Å²) in [5.41, 5.74) is 0.0771. The minimum atomic E-state index is -0.402. The van der Waals surface area contributed by atoms with E-state index in [1.165, 1.54) is 17.4 Å². The highest BCUT2D eigenvalue weighted by Gasteiger charge is 2.12. The van der Waals surface area contributed by atoms with E-state index in [0.29, 0.717) is 10.0 Å². The van der Waals surface area contributed by atoms with Gasteiger partial charge in [-0.2, -0.15) is 0 Å². The van der Waals surface area contributed by atoms with Crippen molar-refractivity contribution in [3.63, 3.8) is 0 Å². The monoisotopic (exact) mass is 297 g/mol. The van der Waals surface area contributed by atoms with E-state index in [2.05, 4.69) is 0 Å². The van der Waals surface area contributed by atoms with Gasteiger partial charge in [0, 0.05) is 32.3 Å². The molecule has 0 unspecified atom stereocenters. The van der Waals surface area contributed by atoms with Gasteiger partial charge in [0.25, 0.3) is 5.69 Å². The number of halogens is 2. The number of rotatable bonds is 1. The predicted molar refractivity (Wildman–Crippen MR) is 76.0 cm³/mol. The largest absolute Gasteiger partial charge is 0.270 e. The number of benzene rings is 2. The van der Waals surface area contributed by atoms with Gasteiger partial charge in [-0.3, -0.25) is 10.1 Å². The number of fused-ring (bicyclic) bond motifs is 3. The lowest BCUT2D eigenvalue weighted by Crippen LogP contribution is -1.85. The van der Waals surface area contributed by atoms with Crippen LogP contribution in [0.4, 0.5) is 5.69 Å². The first-order chi connectivity index (χ1) is 8.56. The molecule has 0 aliphatic rings. The summed E-state index contributed by atoms with van der Waals surface area (Å²) in [6.07, 6.45) is 0. The Hall–Kier alpha value is -1.36. The van der Waals surface area contributed by atoms with Gasteiger partial charge >= 0.3 is 0 Å². The Labute approximate surface area is 116 Å². The number of thiophene rings is 1. The Morgan fingerprint density at radius 3 is 2.39 bits per heavy atom. The summed E-state index contributed by atoms with van der Waals surface area (Å²) in [6.45, 7) is 0. The summed E-state index contributed by atoms with van der Waals surface area (Å²) in [4.78, 5) is 10.4. The van der Waals surface area contributed by atoms with E-state index in [-0.39, 0.29) is 5.69 Å². The standard InChI is InChI=1S/C12H5Cl2NO2S/c13-9-4-8-7-3-6(15(16)17)1-2-11(7)18-12(8)5-10(9)14/h1-5H. The zero-order valence-electron chi connectivity index (χ0n) is 8.81. The van der Waals surface area contributed by atoms with Crippen molar-refractivity contribution in [1.82, 2.24) is 0 Å². The van der Waals surface area contributed by atoms with Crippen molar-refractivity contribution in [1.29, 1.82) is 0 Å². The van der Waals surface area contributed by atoms with Crippen LogP contribution < -0.4 is 0 Å². The summed E-state index contributed by atoms with van der Waals surface area (Å²) in [6, 6.07) is 8.36. The van der Waals surface area contributed by atoms with Crippen molar-refractivity contribution in [2.75, 3.05) is 0 Å². The first kappa shape index (κ1) is 11.7. The van der Waals surface area contributed by atoms with Crippen LogP contribution in [0.2, 0.25) is 10.0 Å². The van der Waals surface area contributed by atoms with E-state index < -0.39 is 4.92 Å². The molecule has 3 aromatic rings. The molecule has 0 aliphatic heterocycles. The van der Waals surface area contributed by atoms with Crippen molar-refractivity contribution in [2.45, 2.75) is 0 Å². The van der Waals surface area contributed by atoms with Crippen molar-refractivity contribution in [3.05, 3.63) is 50.5 Å². The third-order valence-electron chi connectivity index (χ3n) is 2.71. The Bertz CT molecular complexity index is 797. The van der Waals surface area contributed by atoms with E-state index >= 15 is 0 Å². The van der Waals surface area contributed by atoms with E-state index in [0.717, 1.165) is 20.2 Å². The van der Waals surface area contributed by atoms with Gasteiger partial charge in [-0.05, 0) is 18.2 Å². The average molecular weight is 298 g/mol. The summed E-state index contributed by atoms with van der Waals surface area (Å²) >= 11 is 13.5. The van der Waals surface area contributed by atoms with Gasteiger partial charge in [0.1, 0.15) is 0 Å². The van der Waals surface area contributed by atoms with E-state index in [4.69, 9.17) is 23.2 Å². The molecule has 1 heterocycles. The third-order valence-corrected chi connectivity index (χ3v) is 4.56. The highest BCUT2D eigenvalue weighted by atomic mass is 35.5. The normalized spacial score (nSPS) is 11.2. The van der Waals surface area contributed by atoms with E-state index in [1.807, 2.05) is 0 Å². The van der Waals surface area contributed by atoms with Gasteiger partial charge in [0.05, 0.1) is 15.0 Å². The quantitative estimate of drug-likeness (QED) is 0.453. The first-order valence-electron chi connectivity index (χ1n) is 5.02. The maximum absolute atomic E-state index is 10.8. The van der Waals surface area contributed by atoms with E-state index in [9.17, 15) is 10.1 Å². The second-order valence-electron chi connectivity index (χ2n) is 3.80. The highest BCUT2D eigenvalue weighted by Crippen LogP contribution is 2.39. The molecule has 90 valence electrons. The van der Waals surface area contributed by atoms with Crippen molar-refractivity contribution in [3.8, 4) is 0 Å². The van der Waals surface area contributed by atoms with Gasteiger partial charge in [0.2, 0.25) is 0 Å². The molecule has 0 atom stereocenters. The summed E-state index contributed by atoms with van der Waals surface area (Å²) in [7, 11) is 0. The molecule has 0 fully saturated rings. The molecule has 6 heteroatoms. The van der Waals surface area contributed by atoms with Crippen LogP contribution in [-0.4, -0.2) is 4.92 Å². The Morgan fingerprint density at radius 1 is 1.00 bits per heavy atom. The van der Waals surface area contributed by atoms with Crippen LogP contribution in [-0.2, 0) is 0 Å². The second kappa shape index (κ2) is 4.09. The van der Waals surface area contributed by atoms with Gasteiger partial charge in [-0.1, -0.05) is 23.2 Å². The number of nitro benzene ring substituents is 1. The molecule has 3 nitrogen and oxygen atoms in total. The lowest BCUT2D eigenvalue weighted by Gasteiger charge is -1.96. The maximum Gasteiger partial charge on any atom is 0.270 e. The highest BCUT2D eigenvalue weighted by molar-refractivity contribution is 7.25. The summed E-state index contributed by atoms with van der Waals surface area (Å²) in [5.74, 6) is 0. The third kappa shape index (κ3) is 1.73. The Balaban J connectivity index is 2.43. The Kier molecular flexibility index (Phi) is 2.66. The maximum atomic E-state index is 10.8. The number of nitro groups is 1. The minimum Gasteiger partial charge on any atom is -0.258 e. The fraction of sp³-hybridized carbons (Fsp3) is 0. The van der Waals surface area contributed by atoms with Crippen LogP contribution >= 0.6 is 34.5 Å². The molecule has 18 heavy (non-hydrogen) atoms. The minimum absolute atomic E-state index is 0.0771. The molecule has 0 amide bonds. The molecule has 0 aliphatic carbocycles. The van der Waals surface area contributed by atoms with Crippen molar-refractivity contribution < 1.29 is 4.92 Å². The molecule has 0 N–H and O–H groups in total. The molecule has 0 saturated carbocycles. The van der Waals surface area contributed by atoms with Crippen LogP contribution in [0.25, 0.3) is 20.2 Å². The van der Waals surface area contributed by atoms with Crippen LogP contribution in [0.15, 0.2) is 30.3 Å². The lowest BCUT2D eigenvalue weighted by molar-refractivity contribution is -0.384. The summed E-state index contributed by atoms with van der Waals surface area (Å²) in [5, 5.41) is 13.5. The molecule has 3 rings (SSSR count). The zero-order valence-corrected chi connectivity index (χ0v) is 11.1. The van der Waals surface area contributed by atoms with Gasteiger partial charge in [0.15, 0.2) is 0 Å². The predicted octanol–water partition coefficient (Wildman–Crippen LogP) is 5.27. The fourth-order valence-electron chi connectivity index (χ4n) is 1.87. The molecule has 0 saturated heterocycles. The number of non-ortho nitro benzene ring substituents is 1. The molecule has 0 bridgehead atoms. The van der Waals surface area contributed by atoms with Gasteiger partial charge in [-0.25, -0.2) is 0 Å². The topological polar surface area (TPSA) is 43.1 Å². The van der Waals surface area contributed by atoms with Crippen LogP contribution in [0, 0.1) is 10.1 Å². The number of hydrogen-bond acceptors (Lipinski definition) is 3. The van der Waals surface area contributed by atoms with Gasteiger partial charge in [-0.15, -0.1) is 11.3 Å². The molecule has 0 radical (unpaired) electrons. The molecule has 2 aromatic carbocycles. The lowest BCUT2D eigenvalue weighted by atomic mass is 10.1. The SMILES string of the molecule is O=[N+]([O-])c1ccc2sc3cc(Cl)c(Cl)cc3c2c1. The van der Waals surface area contributed by atoms with Crippen LogP contribution in [0.1, 0.15) is 0 Å². The number of nitrogens with zero attached hydrogens (tertiary/aromatic N) is 1. The molecular weight excluding hydrogens is 293 g/mol. The van der Waals surface area contributed by atoms with Crippen LogP contribution in [0.5, 0.6) is 0 Å². The van der Waals surface area contributed by atoms with E-state index in [1.54, 1.807) is 24.3 Å². The Morgan fingerprint density at radius 2 is 1.67 bits per heavy atom. The smallest absolute Gasteiger partial charge is 0.258 e. The first-order valence-corrected chi connectivity index (χ1v) is 6.59. The molecule has 1 aromatic heterocycles. The molecule has 0 spiro atoms. The average Bonchev–Trinajstić information content (AvgIpc) is 2.66. The number of hydrogen-bond donors (Lipinski definition) is 0.